The molecule has 174 valence electrons. The van der Waals surface area contributed by atoms with Crippen LogP contribution in [0.15, 0.2) is 46.6 Å². The third-order valence-electron chi connectivity index (χ3n) is 6.16. The van der Waals surface area contributed by atoms with Gasteiger partial charge in [0.15, 0.2) is 5.43 Å². The van der Waals surface area contributed by atoms with Crippen molar-refractivity contribution >= 4 is 17.2 Å². The summed E-state index contributed by atoms with van der Waals surface area (Å²) in [5.41, 5.74) is 3.73. The molecule has 7 heteroatoms. The van der Waals surface area contributed by atoms with Gasteiger partial charge < -0.3 is 14.2 Å². The predicted octanol–water partition coefficient (Wildman–Crippen LogP) is 4.16. The molecule has 0 N–H and O–H groups in total. The number of aromatic nitrogens is 2. The lowest BCUT2D eigenvalue weighted by Gasteiger charge is -2.24. The molecule has 33 heavy (non-hydrogen) atoms. The van der Waals surface area contributed by atoms with Gasteiger partial charge in [-0.15, -0.1) is 11.3 Å². The van der Waals surface area contributed by atoms with Gasteiger partial charge in [0.05, 0.1) is 23.4 Å². The van der Waals surface area contributed by atoms with Crippen LogP contribution in [0.2, 0.25) is 0 Å². The van der Waals surface area contributed by atoms with E-state index in [1.807, 2.05) is 37.4 Å². The maximum atomic E-state index is 13.6. The highest BCUT2D eigenvalue weighted by Crippen LogP contribution is 2.20. The molecule has 1 amide bonds. The maximum absolute atomic E-state index is 13.6. The first-order valence-corrected chi connectivity index (χ1v) is 12.4. The Bertz CT molecular complexity index is 1160. The van der Waals surface area contributed by atoms with Crippen molar-refractivity contribution in [3.05, 3.63) is 85.2 Å². The molecule has 0 spiro atoms. The Hall–Kier alpha value is -2.77. The second-order valence-corrected chi connectivity index (χ2v) is 9.78. The third kappa shape index (κ3) is 5.60. The summed E-state index contributed by atoms with van der Waals surface area (Å²) in [7, 11) is 1.74. The number of hydrogen-bond acceptors (Lipinski definition) is 5. The van der Waals surface area contributed by atoms with Gasteiger partial charge in [-0.05, 0) is 45.1 Å². The summed E-state index contributed by atoms with van der Waals surface area (Å²) in [4.78, 5) is 32.8. The van der Waals surface area contributed by atoms with Gasteiger partial charge in [0.1, 0.15) is 5.56 Å². The molecule has 1 fully saturated rings. The average Bonchev–Trinajstić information content (AvgIpc) is 3.46. The monoisotopic (exact) mass is 465 g/mol. The molecule has 1 aliphatic rings. The highest BCUT2D eigenvalue weighted by molar-refractivity contribution is 7.09. The molecule has 0 unspecified atom stereocenters. The second kappa shape index (κ2) is 10.4. The number of amides is 1. The van der Waals surface area contributed by atoms with Crippen molar-refractivity contribution in [2.45, 2.75) is 58.7 Å². The first-order chi connectivity index (χ1) is 15.9. The van der Waals surface area contributed by atoms with E-state index in [0.29, 0.717) is 19.5 Å². The van der Waals surface area contributed by atoms with Gasteiger partial charge in [-0.3, -0.25) is 9.59 Å². The first kappa shape index (κ1) is 23.4. The van der Waals surface area contributed by atoms with Crippen molar-refractivity contribution in [1.29, 1.82) is 0 Å². The van der Waals surface area contributed by atoms with Crippen LogP contribution in [-0.2, 0) is 30.7 Å². The molecular weight excluding hydrogens is 434 g/mol. The molecule has 0 radical (unpaired) electrons. The summed E-state index contributed by atoms with van der Waals surface area (Å²) in [6, 6.07) is 11.8. The van der Waals surface area contributed by atoms with Gasteiger partial charge in [0.25, 0.3) is 5.91 Å². The minimum atomic E-state index is -0.255. The molecule has 0 bridgehead atoms. The highest BCUT2D eigenvalue weighted by Gasteiger charge is 2.25. The molecule has 0 saturated carbocycles. The fourth-order valence-corrected chi connectivity index (χ4v) is 5.06. The lowest BCUT2D eigenvalue weighted by molar-refractivity contribution is 0.0776. The molecule has 0 aliphatic carbocycles. The SMILES string of the molecule is Cc1nc(CN(C)C(=O)c2c(CCc3ccccc3)n(C[C@H]3CCCO3)c(C)cc2=O)cs1. The van der Waals surface area contributed by atoms with E-state index in [1.165, 1.54) is 5.56 Å². The summed E-state index contributed by atoms with van der Waals surface area (Å²) in [6.07, 6.45) is 3.52. The first-order valence-electron chi connectivity index (χ1n) is 11.5. The van der Waals surface area contributed by atoms with E-state index in [0.717, 1.165) is 48.0 Å². The number of thiazole rings is 1. The highest BCUT2D eigenvalue weighted by atomic mass is 32.1. The van der Waals surface area contributed by atoms with Crippen LogP contribution in [0.25, 0.3) is 0 Å². The van der Waals surface area contributed by atoms with Crippen molar-refractivity contribution in [1.82, 2.24) is 14.5 Å². The van der Waals surface area contributed by atoms with Crippen LogP contribution in [0.1, 0.15) is 50.9 Å². The van der Waals surface area contributed by atoms with E-state index in [4.69, 9.17) is 4.74 Å². The molecular formula is C26H31N3O3S. The molecule has 6 nitrogen and oxygen atoms in total. The number of hydrogen-bond donors (Lipinski definition) is 0. The maximum Gasteiger partial charge on any atom is 0.259 e. The Morgan fingerprint density at radius 1 is 1.24 bits per heavy atom. The predicted molar refractivity (Wildman–Crippen MR) is 131 cm³/mol. The molecule has 1 saturated heterocycles. The normalized spacial score (nSPS) is 15.7. The van der Waals surface area contributed by atoms with E-state index < -0.39 is 0 Å². The molecule has 1 aromatic carbocycles. The van der Waals surface area contributed by atoms with Gasteiger partial charge in [-0.1, -0.05) is 30.3 Å². The lowest BCUT2D eigenvalue weighted by Crippen LogP contribution is -2.35. The quantitative estimate of drug-likeness (QED) is 0.501. The zero-order valence-electron chi connectivity index (χ0n) is 19.5. The number of rotatable bonds is 8. The van der Waals surface area contributed by atoms with Crippen molar-refractivity contribution in [2.24, 2.45) is 0 Å². The Kier molecular flexibility index (Phi) is 7.40. The summed E-state index contributed by atoms with van der Waals surface area (Å²) in [6.45, 7) is 5.69. The summed E-state index contributed by atoms with van der Waals surface area (Å²) in [5.74, 6) is -0.255. The van der Waals surface area contributed by atoms with E-state index >= 15 is 0 Å². The number of benzene rings is 1. The van der Waals surface area contributed by atoms with E-state index in [2.05, 4.69) is 21.7 Å². The molecule has 2 aromatic heterocycles. The Labute approximate surface area is 198 Å². The van der Waals surface area contributed by atoms with Gasteiger partial charge in [-0.25, -0.2) is 4.98 Å². The van der Waals surface area contributed by atoms with Crippen molar-refractivity contribution in [3.63, 3.8) is 0 Å². The van der Waals surface area contributed by atoms with Crippen LogP contribution in [0.3, 0.4) is 0 Å². The van der Waals surface area contributed by atoms with Crippen LogP contribution in [0.5, 0.6) is 0 Å². The van der Waals surface area contributed by atoms with Crippen LogP contribution < -0.4 is 5.43 Å². The largest absolute Gasteiger partial charge is 0.376 e. The van der Waals surface area contributed by atoms with E-state index in [1.54, 1.807) is 29.4 Å². The number of aryl methyl sites for hydroxylation is 3. The average molecular weight is 466 g/mol. The Balaban J connectivity index is 1.69. The van der Waals surface area contributed by atoms with Crippen LogP contribution >= 0.6 is 11.3 Å². The van der Waals surface area contributed by atoms with Crippen LogP contribution in [-0.4, -0.2) is 40.1 Å². The Morgan fingerprint density at radius 2 is 2.03 bits per heavy atom. The minimum Gasteiger partial charge on any atom is -0.376 e. The molecule has 1 atom stereocenters. The summed E-state index contributed by atoms with van der Waals surface area (Å²) >= 11 is 1.56. The molecule has 1 aliphatic heterocycles. The smallest absolute Gasteiger partial charge is 0.259 e. The minimum absolute atomic E-state index is 0.111. The summed E-state index contributed by atoms with van der Waals surface area (Å²) < 4.78 is 8.02. The summed E-state index contributed by atoms with van der Waals surface area (Å²) in [5, 5.41) is 2.92. The van der Waals surface area contributed by atoms with Gasteiger partial charge in [0.2, 0.25) is 0 Å². The van der Waals surface area contributed by atoms with Crippen LogP contribution in [0, 0.1) is 13.8 Å². The topological polar surface area (TPSA) is 64.4 Å². The fraction of sp³-hybridized carbons (Fsp3) is 0.423. The number of ether oxygens (including phenoxy) is 1. The van der Waals surface area contributed by atoms with Gasteiger partial charge in [0, 0.05) is 43.0 Å². The van der Waals surface area contributed by atoms with E-state index in [-0.39, 0.29) is 23.0 Å². The second-order valence-electron chi connectivity index (χ2n) is 8.72. The zero-order valence-corrected chi connectivity index (χ0v) is 20.4. The van der Waals surface area contributed by atoms with Crippen molar-refractivity contribution in [3.8, 4) is 0 Å². The fourth-order valence-electron chi connectivity index (χ4n) is 4.46. The number of nitrogens with zero attached hydrogens (tertiary/aromatic N) is 3. The van der Waals surface area contributed by atoms with Crippen molar-refractivity contribution < 1.29 is 9.53 Å². The number of carbonyl (C=O) groups excluding carboxylic acids is 1. The Morgan fingerprint density at radius 3 is 2.70 bits per heavy atom. The molecule has 4 rings (SSSR count). The van der Waals surface area contributed by atoms with Crippen LogP contribution in [0.4, 0.5) is 0 Å². The number of pyridine rings is 1. The van der Waals surface area contributed by atoms with Gasteiger partial charge >= 0.3 is 0 Å². The van der Waals surface area contributed by atoms with E-state index in [9.17, 15) is 9.59 Å². The lowest BCUT2D eigenvalue weighted by atomic mass is 10.0. The molecule has 3 aromatic rings. The van der Waals surface area contributed by atoms with Crippen molar-refractivity contribution in [2.75, 3.05) is 13.7 Å². The molecule has 3 heterocycles. The standard InChI is InChI=1S/C26H31N3O3S/c1-18-14-24(30)25(26(31)28(3)15-21-17-33-19(2)27-21)23(12-11-20-8-5-4-6-9-20)29(18)16-22-10-7-13-32-22/h4-6,8-9,14,17,22H,7,10-13,15-16H2,1-3H3/t22-/m1/s1. The number of carbonyl (C=O) groups is 1. The third-order valence-corrected chi connectivity index (χ3v) is 6.98. The van der Waals surface area contributed by atoms with Gasteiger partial charge in [-0.2, -0.15) is 0 Å². The zero-order chi connectivity index (χ0) is 23.4.